The summed E-state index contributed by atoms with van der Waals surface area (Å²) in [4.78, 5) is 13.9. The Morgan fingerprint density at radius 2 is 2.05 bits per heavy atom. The normalized spacial score (nSPS) is 10.8. The molecule has 1 aromatic rings. The van der Waals surface area contributed by atoms with Gasteiger partial charge in [0, 0.05) is 36.4 Å². The predicted octanol–water partition coefficient (Wildman–Crippen LogP) is 2.80. The van der Waals surface area contributed by atoms with Crippen molar-refractivity contribution in [2.75, 3.05) is 24.5 Å². The number of hydrogen-bond acceptors (Lipinski definition) is 3. The van der Waals surface area contributed by atoms with Crippen LogP contribution >= 0.6 is 11.6 Å². The third kappa shape index (κ3) is 5.94. The first-order valence-corrected chi connectivity index (χ1v) is 7.89. The monoisotopic (exact) mass is 311 g/mol. The molecule has 0 radical (unpaired) electrons. The van der Waals surface area contributed by atoms with Gasteiger partial charge in [-0.15, -0.1) is 0 Å². The summed E-state index contributed by atoms with van der Waals surface area (Å²) in [6, 6.07) is 6.22. The van der Waals surface area contributed by atoms with E-state index in [-0.39, 0.29) is 5.91 Å². The zero-order valence-electron chi connectivity index (χ0n) is 13.4. The van der Waals surface area contributed by atoms with Crippen molar-refractivity contribution in [3.05, 3.63) is 28.8 Å². The largest absolute Gasteiger partial charge is 0.362 e. The summed E-state index contributed by atoms with van der Waals surface area (Å²) in [7, 11) is 0. The molecule has 118 valence electrons. The van der Waals surface area contributed by atoms with Gasteiger partial charge in [0.15, 0.2) is 0 Å². The zero-order chi connectivity index (χ0) is 15.8. The van der Waals surface area contributed by atoms with Crippen LogP contribution in [0.3, 0.4) is 0 Å². The van der Waals surface area contributed by atoms with Gasteiger partial charge in [-0.25, -0.2) is 0 Å². The van der Waals surface area contributed by atoms with Crippen molar-refractivity contribution in [3.63, 3.8) is 0 Å². The van der Waals surface area contributed by atoms with Gasteiger partial charge >= 0.3 is 0 Å². The Hall–Kier alpha value is -1.26. The fraction of sp³-hybridized carbons (Fsp3) is 0.562. The molecule has 0 aliphatic carbocycles. The molecule has 1 rings (SSSR count). The highest BCUT2D eigenvalue weighted by Gasteiger charge is 2.13. The summed E-state index contributed by atoms with van der Waals surface area (Å²) in [5.41, 5.74) is 2.17. The smallest absolute Gasteiger partial charge is 0.239 e. The molecule has 0 saturated heterocycles. The van der Waals surface area contributed by atoms with Crippen molar-refractivity contribution >= 4 is 23.2 Å². The lowest BCUT2D eigenvalue weighted by molar-refractivity contribution is -0.119. The number of rotatable bonds is 8. The Bertz CT molecular complexity index is 463. The Morgan fingerprint density at radius 3 is 2.62 bits per heavy atom. The summed E-state index contributed by atoms with van der Waals surface area (Å²) in [5, 5.41) is 6.96. The molecule has 0 unspecified atom stereocenters. The molecule has 5 heteroatoms. The van der Waals surface area contributed by atoms with Crippen LogP contribution in [0.2, 0.25) is 5.02 Å². The van der Waals surface area contributed by atoms with E-state index in [1.54, 1.807) is 0 Å². The maximum absolute atomic E-state index is 11.8. The summed E-state index contributed by atoms with van der Waals surface area (Å²) >= 11 is 6.11. The van der Waals surface area contributed by atoms with E-state index in [2.05, 4.69) is 29.4 Å². The maximum Gasteiger partial charge on any atom is 0.239 e. The highest BCUT2D eigenvalue weighted by molar-refractivity contribution is 6.30. The highest BCUT2D eigenvalue weighted by Crippen LogP contribution is 2.24. The fourth-order valence-electron chi connectivity index (χ4n) is 2.11. The van der Waals surface area contributed by atoms with Crippen LogP contribution in [-0.2, 0) is 11.3 Å². The standard InChI is InChI=1S/C16H26ClN3O/c1-5-18-16(21)11-20(6-2)15-8-7-14(17)9-13(15)10-19-12(3)4/h7-9,12,19H,5-6,10-11H2,1-4H3,(H,18,21). The minimum Gasteiger partial charge on any atom is -0.362 e. The van der Waals surface area contributed by atoms with E-state index < -0.39 is 0 Å². The van der Waals surface area contributed by atoms with Gasteiger partial charge in [0.1, 0.15) is 0 Å². The predicted molar refractivity (Wildman–Crippen MR) is 90.0 cm³/mol. The third-order valence-corrected chi connectivity index (χ3v) is 3.41. The topological polar surface area (TPSA) is 44.4 Å². The molecule has 1 amide bonds. The van der Waals surface area contributed by atoms with Gasteiger partial charge in [-0.05, 0) is 37.6 Å². The van der Waals surface area contributed by atoms with Crippen molar-refractivity contribution in [1.29, 1.82) is 0 Å². The molecule has 4 nitrogen and oxygen atoms in total. The number of benzene rings is 1. The molecule has 0 atom stereocenters. The van der Waals surface area contributed by atoms with Gasteiger partial charge in [0.05, 0.1) is 6.54 Å². The van der Waals surface area contributed by atoms with Crippen molar-refractivity contribution in [1.82, 2.24) is 10.6 Å². The molecule has 1 aromatic carbocycles. The number of amides is 1. The number of nitrogens with zero attached hydrogens (tertiary/aromatic N) is 1. The molecule has 0 spiro atoms. The number of likely N-dealkylation sites (N-methyl/N-ethyl adjacent to an activating group) is 2. The minimum atomic E-state index is 0.0390. The molecule has 0 aromatic heterocycles. The molecule has 2 N–H and O–H groups in total. The van der Waals surface area contributed by atoms with E-state index in [0.717, 1.165) is 24.3 Å². The molecule has 0 bridgehead atoms. The van der Waals surface area contributed by atoms with Crippen LogP contribution in [0, 0.1) is 0 Å². The van der Waals surface area contributed by atoms with Crippen LogP contribution in [0.1, 0.15) is 33.3 Å². The van der Waals surface area contributed by atoms with Gasteiger partial charge in [-0.3, -0.25) is 4.79 Å². The SMILES string of the molecule is CCNC(=O)CN(CC)c1ccc(Cl)cc1CNC(C)C. The van der Waals surface area contributed by atoms with Crippen LogP contribution in [0.15, 0.2) is 18.2 Å². The van der Waals surface area contributed by atoms with E-state index in [1.165, 1.54) is 0 Å². The van der Waals surface area contributed by atoms with Crippen LogP contribution in [0.4, 0.5) is 5.69 Å². The van der Waals surface area contributed by atoms with Crippen LogP contribution in [0.5, 0.6) is 0 Å². The first-order valence-electron chi connectivity index (χ1n) is 7.51. The Kier molecular flexibility index (Phi) is 7.54. The number of hydrogen-bond donors (Lipinski definition) is 2. The number of carbonyl (C=O) groups excluding carboxylic acids is 1. The average molecular weight is 312 g/mol. The lowest BCUT2D eigenvalue weighted by Crippen LogP contribution is -2.37. The second kappa shape index (κ2) is 8.90. The maximum atomic E-state index is 11.8. The molecular formula is C16H26ClN3O. The summed E-state index contributed by atoms with van der Waals surface area (Å²) in [6.07, 6.45) is 0. The van der Waals surface area contributed by atoms with E-state index in [9.17, 15) is 4.79 Å². The average Bonchev–Trinajstić information content (AvgIpc) is 2.43. The summed E-state index contributed by atoms with van der Waals surface area (Å²) < 4.78 is 0. The van der Waals surface area contributed by atoms with Gasteiger partial charge in [-0.2, -0.15) is 0 Å². The van der Waals surface area contributed by atoms with E-state index in [1.807, 2.05) is 32.0 Å². The quantitative estimate of drug-likeness (QED) is 0.776. The van der Waals surface area contributed by atoms with Crippen molar-refractivity contribution in [3.8, 4) is 0 Å². The van der Waals surface area contributed by atoms with Gasteiger partial charge in [0.2, 0.25) is 5.91 Å². The summed E-state index contributed by atoms with van der Waals surface area (Å²) in [5.74, 6) is 0.0390. The second-order valence-corrected chi connectivity index (χ2v) is 5.71. The zero-order valence-corrected chi connectivity index (χ0v) is 14.1. The number of halogens is 1. The lowest BCUT2D eigenvalue weighted by atomic mass is 10.1. The minimum absolute atomic E-state index is 0.0390. The van der Waals surface area contributed by atoms with Crippen LogP contribution in [-0.4, -0.2) is 31.6 Å². The first-order chi connectivity index (χ1) is 9.97. The van der Waals surface area contributed by atoms with E-state index in [4.69, 9.17) is 11.6 Å². The van der Waals surface area contributed by atoms with Crippen LogP contribution < -0.4 is 15.5 Å². The number of nitrogens with one attached hydrogen (secondary N) is 2. The lowest BCUT2D eigenvalue weighted by Gasteiger charge is -2.26. The second-order valence-electron chi connectivity index (χ2n) is 5.28. The summed E-state index contributed by atoms with van der Waals surface area (Å²) in [6.45, 7) is 10.7. The number of anilines is 1. The van der Waals surface area contributed by atoms with Crippen molar-refractivity contribution in [2.45, 2.75) is 40.3 Å². The Balaban J connectivity index is 2.93. The fourth-order valence-corrected chi connectivity index (χ4v) is 2.31. The molecule has 0 fully saturated rings. The Labute approximate surface area is 132 Å². The molecule has 21 heavy (non-hydrogen) atoms. The highest BCUT2D eigenvalue weighted by atomic mass is 35.5. The van der Waals surface area contributed by atoms with E-state index >= 15 is 0 Å². The van der Waals surface area contributed by atoms with Crippen molar-refractivity contribution in [2.24, 2.45) is 0 Å². The molecule has 0 aliphatic heterocycles. The van der Waals surface area contributed by atoms with Gasteiger partial charge < -0.3 is 15.5 Å². The molecule has 0 saturated carbocycles. The molecule has 0 aliphatic rings. The van der Waals surface area contributed by atoms with Crippen LogP contribution in [0.25, 0.3) is 0 Å². The number of carbonyl (C=O) groups is 1. The third-order valence-electron chi connectivity index (χ3n) is 3.17. The van der Waals surface area contributed by atoms with E-state index in [0.29, 0.717) is 24.2 Å². The van der Waals surface area contributed by atoms with Gasteiger partial charge in [0.25, 0.3) is 0 Å². The van der Waals surface area contributed by atoms with Gasteiger partial charge in [-0.1, -0.05) is 25.4 Å². The first kappa shape index (κ1) is 17.8. The molecule has 0 heterocycles. The van der Waals surface area contributed by atoms with Crippen molar-refractivity contribution < 1.29 is 4.79 Å². The Morgan fingerprint density at radius 1 is 1.33 bits per heavy atom. The molecular weight excluding hydrogens is 286 g/mol.